The Morgan fingerprint density at radius 3 is 3.08 bits per heavy atom. The second-order valence-corrected chi connectivity index (χ2v) is 3.29. The average molecular weight is 181 g/mol. The van der Waals surface area contributed by atoms with Crippen LogP contribution in [-0.4, -0.2) is 19.0 Å². The lowest BCUT2D eigenvalue weighted by Gasteiger charge is -2.03. The van der Waals surface area contributed by atoms with Gasteiger partial charge in [0.15, 0.2) is 0 Å². The Hall–Kier alpha value is -1.20. The molecular weight excluding hydrogens is 176 g/mol. The van der Waals surface area contributed by atoms with Crippen LogP contribution in [-0.2, 0) is 11.1 Å². The zero-order chi connectivity index (χ0) is 8.55. The molecule has 0 spiro atoms. The van der Waals surface area contributed by atoms with Crippen LogP contribution in [0, 0.1) is 0 Å². The van der Waals surface area contributed by atoms with E-state index < -0.39 is 11.1 Å². The highest BCUT2D eigenvalue weighted by atomic mass is 32.2. The van der Waals surface area contributed by atoms with Crippen molar-refractivity contribution in [3.63, 3.8) is 0 Å². The molecule has 1 unspecified atom stereocenters. The van der Waals surface area contributed by atoms with Gasteiger partial charge in [0.1, 0.15) is 0 Å². The van der Waals surface area contributed by atoms with E-state index in [-0.39, 0.29) is 4.90 Å². The number of rotatable bonds is 1. The molecule has 1 atom stereocenters. The van der Waals surface area contributed by atoms with E-state index >= 15 is 0 Å². The first-order valence-corrected chi connectivity index (χ1v) is 4.37. The summed E-state index contributed by atoms with van der Waals surface area (Å²) in [7, 11) is 0. The Kier molecular flexibility index (Phi) is 1.67. The van der Waals surface area contributed by atoms with Crippen LogP contribution in [0.4, 0.5) is 0 Å². The maximum absolute atomic E-state index is 10.5. The molecule has 4 nitrogen and oxygen atoms in total. The normalized spacial score (nSPS) is 13.4. The predicted octanol–water partition coefficient (Wildman–Crippen LogP) is 0.801. The number of aromatic amines is 1. The summed E-state index contributed by atoms with van der Waals surface area (Å²) in [5.74, 6) is 0. The maximum Gasteiger partial charge on any atom is 0.0661 e. The van der Waals surface area contributed by atoms with Gasteiger partial charge in [-0.3, -0.25) is 9.31 Å². The number of hydrogen-bond donors (Lipinski definition) is 1. The van der Waals surface area contributed by atoms with Crippen LogP contribution >= 0.6 is 0 Å². The number of hydrogen-bond acceptors (Lipinski definition) is 3. The lowest BCUT2D eigenvalue weighted by molar-refractivity contribution is 0.537. The molecule has 0 saturated heterocycles. The molecule has 62 valence electrons. The van der Waals surface area contributed by atoms with Crippen LogP contribution in [0.5, 0.6) is 0 Å². The second kappa shape index (κ2) is 2.69. The third-order valence-corrected chi connectivity index (χ3v) is 2.24. The van der Waals surface area contributed by atoms with E-state index in [1.165, 1.54) is 0 Å². The van der Waals surface area contributed by atoms with Crippen molar-refractivity contribution in [1.82, 2.24) is 10.2 Å². The standard InChI is InChI=1S/C7H6N2O2S/c10-12(11)6-2-1-5-4-8-9-7(5)3-6/h1-4H,(H,8,9)(H,10,11)/p-1. The van der Waals surface area contributed by atoms with E-state index in [1.807, 2.05) is 0 Å². The van der Waals surface area contributed by atoms with Gasteiger partial charge in [0.2, 0.25) is 0 Å². The molecule has 5 heteroatoms. The van der Waals surface area contributed by atoms with E-state index in [9.17, 15) is 8.76 Å². The monoisotopic (exact) mass is 181 g/mol. The van der Waals surface area contributed by atoms with Crippen molar-refractivity contribution in [1.29, 1.82) is 0 Å². The van der Waals surface area contributed by atoms with Gasteiger partial charge in [-0.05, 0) is 23.2 Å². The van der Waals surface area contributed by atoms with Crippen molar-refractivity contribution in [2.24, 2.45) is 0 Å². The molecule has 0 aliphatic heterocycles. The molecule has 12 heavy (non-hydrogen) atoms. The number of nitrogens with one attached hydrogen (secondary N) is 1. The summed E-state index contributed by atoms with van der Waals surface area (Å²) in [6.45, 7) is 0. The molecule has 0 radical (unpaired) electrons. The van der Waals surface area contributed by atoms with Gasteiger partial charge in [-0.2, -0.15) is 5.10 Å². The molecule has 1 aromatic heterocycles. The van der Waals surface area contributed by atoms with Gasteiger partial charge in [-0.25, -0.2) is 0 Å². The van der Waals surface area contributed by atoms with Crippen molar-refractivity contribution in [3.05, 3.63) is 24.4 Å². The fourth-order valence-corrected chi connectivity index (χ4v) is 1.41. The van der Waals surface area contributed by atoms with Gasteiger partial charge in [0, 0.05) is 10.3 Å². The molecule has 0 amide bonds. The van der Waals surface area contributed by atoms with Crippen LogP contribution in [0.25, 0.3) is 10.9 Å². The van der Waals surface area contributed by atoms with Crippen molar-refractivity contribution >= 4 is 22.0 Å². The van der Waals surface area contributed by atoms with E-state index in [4.69, 9.17) is 0 Å². The summed E-state index contributed by atoms with van der Waals surface area (Å²) >= 11 is -2.17. The zero-order valence-electron chi connectivity index (χ0n) is 5.98. The molecule has 0 aliphatic rings. The molecule has 2 rings (SSSR count). The molecule has 1 heterocycles. The summed E-state index contributed by atoms with van der Waals surface area (Å²) in [6.07, 6.45) is 1.65. The third kappa shape index (κ3) is 1.13. The van der Waals surface area contributed by atoms with E-state index in [2.05, 4.69) is 10.2 Å². The Bertz CT molecular complexity index is 438. The Labute approximate surface area is 70.9 Å². The van der Waals surface area contributed by atoms with Gasteiger partial charge in [0.05, 0.1) is 11.7 Å². The highest BCUT2D eigenvalue weighted by Crippen LogP contribution is 2.14. The topological polar surface area (TPSA) is 68.8 Å². The minimum absolute atomic E-state index is 0.270. The summed E-state index contributed by atoms with van der Waals surface area (Å²) in [5.41, 5.74) is 0.733. The molecule has 0 saturated carbocycles. The van der Waals surface area contributed by atoms with E-state index in [0.29, 0.717) is 0 Å². The number of H-pyrrole nitrogens is 1. The number of fused-ring (bicyclic) bond motifs is 1. The summed E-state index contributed by atoms with van der Waals surface area (Å²) in [4.78, 5) is 0.270. The highest BCUT2D eigenvalue weighted by Gasteiger charge is 1.96. The average Bonchev–Trinajstić information content (AvgIpc) is 2.49. The largest absolute Gasteiger partial charge is 0.768 e. The minimum atomic E-state index is -2.17. The number of benzene rings is 1. The quantitative estimate of drug-likeness (QED) is 0.661. The number of aromatic nitrogens is 2. The molecule has 2 aromatic rings. The molecule has 0 fully saturated rings. The van der Waals surface area contributed by atoms with Gasteiger partial charge >= 0.3 is 0 Å². The maximum atomic E-state index is 10.5. The molecule has 1 aromatic carbocycles. The fraction of sp³-hybridized carbons (Fsp3) is 0. The number of nitrogens with zero attached hydrogens (tertiary/aromatic N) is 1. The Morgan fingerprint density at radius 2 is 2.33 bits per heavy atom. The van der Waals surface area contributed by atoms with E-state index in [1.54, 1.807) is 24.4 Å². The Morgan fingerprint density at radius 1 is 1.50 bits per heavy atom. The van der Waals surface area contributed by atoms with Crippen LogP contribution in [0.3, 0.4) is 0 Å². The van der Waals surface area contributed by atoms with Crippen molar-refractivity contribution in [3.8, 4) is 0 Å². The summed E-state index contributed by atoms with van der Waals surface area (Å²) in [5, 5.41) is 7.37. The van der Waals surface area contributed by atoms with Crippen molar-refractivity contribution in [2.75, 3.05) is 0 Å². The minimum Gasteiger partial charge on any atom is -0.768 e. The van der Waals surface area contributed by atoms with Gasteiger partial charge in [-0.1, -0.05) is 6.07 Å². The van der Waals surface area contributed by atoms with Gasteiger partial charge < -0.3 is 4.55 Å². The lowest BCUT2D eigenvalue weighted by Crippen LogP contribution is -1.87. The van der Waals surface area contributed by atoms with Crippen LogP contribution < -0.4 is 0 Å². The molecule has 1 N–H and O–H groups in total. The van der Waals surface area contributed by atoms with Crippen LogP contribution in [0.1, 0.15) is 0 Å². The van der Waals surface area contributed by atoms with Gasteiger partial charge in [-0.15, -0.1) is 0 Å². The first-order valence-electron chi connectivity index (χ1n) is 3.30. The van der Waals surface area contributed by atoms with Crippen LogP contribution in [0.2, 0.25) is 0 Å². The van der Waals surface area contributed by atoms with Crippen LogP contribution in [0.15, 0.2) is 29.3 Å². The van der Waals surface area contributed by atoms with Gasteiger partial charge in [0.25, 0.3) is 0 Å². The highest BCUT2D eigenvalue weighted by molar-refractivity contribution is 7.79. The van der Waals surface area contributed by atoms with Crippen molar-refractivity contribution in [2.45, 2.75) is 4.90 Å². The fourth-order valence-electron chi connectivity index (χ4n) is 1.02. The third-order valence-electron chi connectivity index (χ3n) is 1.61. The smallest absolute Gasteiger partial charge is 0.0661 e. The second-order valence-electron chi connectivity index (χ2n) is 2.35. The SMILES string of the molecule is O=S([O-])c1ccc2cn[nH]c2c1. The summed E-state index contributed by atoms with van der Waals surface area (Å²) in [6, 6.07) is 4.80. The summed E-state index contributed by atoms with van der Waals surface area (Å²) < 4.78 is 21.1. The first-order chi connectivity index (χ1) is 5.77. The van der Waals surface area contributed by atoms with Crippen molar-refractivity contribution < 1.29 is 8.76 Å². The lowest BCUT2D eigenvalue weighted by atomic mass is 10.3. The zero-order valence-corrected chi connectivity index (χ0v) is 6.80. The molecule has 0 bridgehead atoms. The first kappa shape index (κ1) is 7.45. The predicted molar refractivity (Wildman–Crippen MR) is 43.3 cm³/mol. The molecular formula is C7H5N2O2S-. The Balaban J connectivity index is 2.68. The molecule has 0 aliphatic carbocycles. The van der Waals surface area contributed by atoms with E-state index in [0.717, 1.165) is 10.9 Å².